The number of alkyl halides is 2. The van der Waals surface area contributed by atoms with Gasteiger partial charge in [-0.15, -0.1) is 0 Å². The third-order valence-corrected chi connectivity index (χ3v) is 3.00. The van der Waals surface area contributed by atoms with E-state index in [-0.39, 0.29) is 24.2 Å². The third kappa shape index (κ3) is 1.66. The SMILES string of the molecule is Cn1c2c(ccc1=O)C(=O)C[C@@H](C(F)F)C2. The molecular formula is C11H11F2NO2. The van der Waals surface area contributed by atoms with E-state index < -0.39 is 12.3 Å². The number of Topliss-reactive ketones (excluding diaryl/α,β-unsaturated/α-hetero) is 1. The molecule has 0 N–H and O–H groups in total. The molecule has 1 aromatic rings. The lowest BCUT2D eigenvalue weighted by Crippen LogP contribution is -2.31. The zero-order chi connectivity index (χ0) is 11.9. The molecule has 5 heteroatoms. The van der Waals surface area contributed by atoms with Crippen LogP contribution in [0.15, 0.2) is 16.9 Å². The highest BCUT2D eigenvalue weighted by Gasteiger charge is 2.32. The Morgan fingerprint density at radius 3 is 2.62 bits per heavy atom. The smallest absolute Gasteiger partial charge is 0.250 e. The summed E-state index contributed by atoms with van der Waals surface area (Å²) in [5, 5.41) is 0. The van der Waals surface area contributed by atoms with Gasteiger partial charge in [0.1, 0.15) is 0 Å². The number of pyridine rings is 1. The van der Waals surface area contributed by atoms with Crippen molar-refractivity contribution in [3.63, 3.8) is 0 Å². The summed E-state index contributed by atoms with van der Waals surface area (Å²) in [6, 6.07) is 2.72. The van der Waals surface area contributed by atoms with E-state index >= 15 is 0 Å². The van der Waals surface area contributed by atoms with Gasteiger partial charge in [0.05, 0.1) is 0 Å². The first-order valence-corrected chi connectivity index (χ1v) is 5.01. The highest BCUT2D eigenvalue weighted by atomic mass is 19.3. The number of fused-ring (bicyclic) bond motifs is 1. The number of rotatable bonds is 1. The lowest BCUT2D eigenvalue weighted by Gasteiger charge is -2.24. The van der Waals surface area contributed by atoms with E-state index in [1.165, 1.54) is 23.7 Å². The first-order chi connectivity index (χ1) is 7.50. The topological polar surface area (TPSA) is 39.1 Å². The molecule has 1 aromatic heterocycles. The molecule has 1 aliphatic rings. The average molecular weight is 227 g/mol. The van der Waals surface area contributed by atoms with Crippen LogP contribution in [-0.4, -0.2) is 16.8 Å². The number of carbonyl (C=O) groups excluding carboxylic acids is 1. The summed E-state index contributed by atoms with van der Waals surface area (Å²) < 4.78 is 26.4. The molecule has 0 fully saturated rings. The summed E-state index contributed by atoms with van der Waals surface area (Å²) in [4.78, 5) is 23.0. The van der Waals surface area contributed by atoms with Gasteiger partial charge in [-0.05, 0) is 12.5 Å². The van der Waals surface area contributed by atoms with Gasteiger partial charge in [0.2, 0.25) is 12.0 Å². The summed E-state index contributed by atoms with van der Waals surface area (Å²) in [6.45, 7) is 0. The fourth-order valence-corrected chi connectivity index (χ4v) is 2.02. The van der Waals surface area contributed by atoms with Crippen molar-refractivity contribution >= 4 is 5.78 Å². The van der Waals surface area contributed by atoms with Gasteiger partial charge in [-0.2, -0.15) is 0 Å². The Labute approximate surface area is 90.7 Å². The Morgan fingerprint density at radius 2 is 2.00 bits per heavy atom. The summed E-state index contributed by atoms with van der Waals surface area (Å²) >= 11 is 0. The average Bonchev–Trinajstić information content (AvgIpc) is 2.23. The van der Waals surface area contributed by atoms with E-state index in [1.807, 2.05) is 0 Å². The van der Waals surface area contributed by atoms with Gasteiger partial charge in [-0.3, -0.25) is 9.59 Å². The van der Waals surface area contributed by atoms with Crippen LogP contribution in [0.25, 0.3) is 0 Å². The van der Waals surface area contributed by atoms with Crippen molar-refractivity contribution in [2.45, 2.75) is 19.3 Å². The molecule has 0 radical (unpaired) electrons. The second kappa shape index (κ2) is 3.81. The van der Waals surface area contributed by atoms with Crippen LogP contribution < -0.4 is 5.56 Å². The van der Waals surface area contributed by atoms with Gasteiger partial charge in [0.15, 0.2) is 5.78 Å². The van der Waals surface area contributed by atoms with Crippen molar-refractivity contribution in [3.8, 4) is 0 Å². The summed E-state index contributed by atoms with van der Waals surface area (Å²) in [6.07, 6.45) is -2.57. The minimum Gasteiger partial charge on any atom is -0.315 e. The highest BCUT2D eigenvalue weighted by Crippen LogP contribution is 2.28. The molecule has 0 bridgehead atoms. The van der Waals surface area contributed by atoms with Crippen LogP contribution in [0.5, 0.6) is 0 Å². The zero-order valence-corrected chi connectivity index (χ0v) is 8.74. The van der Waals surface area contributed by atoms with Gasteiger partial charge < -0.3 is 4.57 Å². The van der Waals surface area contributed by atoms with Crippen molar-refractivity contribution in [2.75, 3.05) is 0 Å². The fourth-order valence-electron chi connectivity index (χ4n) is 2.02. The van der Waals surface area contributed by atoms with E-state index in [0.717, 1.165) is 0 Å². The number of nitrogens with zero attached hydrogens (tertiary/aromatic N) is 1. The van der Waals surface area contributed by atoms with Crippen LogP contribution >= 0.6 is 0 Å². The van der Waals surface area contributed by atoms with Crippen molar-refractivity contribution in [1.82, 2.24) is 4.57 Å². The molecule has 0 saturated heterocycles. The van der Waals surface area contributed by atoms with Gasteiger partial charge >= 0.3 is 0 Å². The molecule has 0 aromatic carbocycles. The van der Waals surface area contributed by atoms with Crippen LogP contribution in [0.1, 0.15) is 22.5 Å². The zero-order valence-electron chi connectivity index (χ0n) is 8.74. The molecule has 3 nitrogen and oxygen atoms in total. The minimum absolute atomic E-state index is 0.0886. The molecule has 0 unspecified atom stereocenters. The Bertz CT molecular complexity index is 493. The molecule has 0 spiro atoms. The Morgan fingerprint density at radius 1 is 1.31 bits per heavy atom. The summed E-state index contributed by atoms with van der Waals surface area (Å²) in [5.74, 6) is -1.27. The number of hydrogen-bond acceptors (Lipinski definition) is 2. The van der Waals surface area contributed by atoms with Gasteiger partial charge in [-0.25, -0.2) is 8.78 Å². The molecular weight excluding hydrogens is 216 g/mol. The number of halogens is 2. The predicted octanol–water partition coefficient (Wildman–Crippen LogP) is 1.40. The molecule has 1 aliphatic carbocycles. The second-order valence-corrected chi connectivity index (χ2v) is 4.02. The molecule has 1 heterocycles. The summed E-state index contributed by atoms with van der Waals surface area (Å²) in [5.41, 5.74) is 0.550. The number of ketones is 1. The van der Waals surface area contributed by atoms with Crippen molar-refractivity contribution in [3.05, 3.63) is 33.7 Å². The van der Waals surface area contributed by atoms with E-state index in [2.05, 4.69) is 0 Å². The lowest BCUT2D eigenvalue weighted by molar-refractivity contribution is 0.0586. The van der Waals surface area contributed by atoms with E-state index in [0.29, 0.717) is 11.3 Å². The first-order valence-electron chi connectivity index (χ1n) is 5.01. The van der Waals surface area contributed by atoms with Crippen LogP contribution in [0.2, 0.25) is 0 Å². The minimum atomic E-state index is -2.52. The van der Waals surface area contributed by atoms with Crippen molar-refractivity contribution in [2.24, 2.45) is 13.0 Å². The molecule has 0 aliphatic heterocycles. The molecule has 1 atom stereocenters. The molecule has 0 amide bonds. The number of carbonyl (C=O) groups is 1. The van der Waals surface area contributed by atoms with Crippen molar-refractivity contribution in [1.29, 1.82) is 0 Å². The van der Waals surface area contributed by atoms with Gasteiger partial charge in [0, 0.05) is 36.7 Å². The first kappa shape index (κ1) is 11.0. The maximum atomic E-state index is 12.6. The van der Waals surface area contributed by atoms with Gasteiger partial charge in [0.25, 0.3) is 0 Å². The standard InChI is InChI=1S/C11H11F2NO2/c1-14-8-4-6(11(12)13)5-9(15)7(8)2-3-10(14)16/h2-3,6,11H,4-5H2,1H3/t6-/m0/s1. The maximum Gasteiger partial charge on any atom is 0.250 e. The second-order valence-electron chi connectivity index (χ2n) is 4.02. The third-order valence-electron chi connectivity index (χ3n) is 3.00. The summed E-state index contributed by atoms with van der Waals surface area (Å²) in [7, 11) is 1.50. The normalized spacial score (nSPS) is 20.0. The monoisotopic (exact) mass is 227 g/mol. The number of aromatic nitrogens is 1. The van der Waals surface area contributed by atoms with E-state index in [1.54, 1.807) is 0 Å². The fraction of sp³-hybridized carbons (Fsp3) is 0.455. The van der Waals surface area contributed by atoms with Crippen LogP contribution in [-0.2, 0) is 13.5 Å². The highest BCUT2D eigenvalue weighted by molar-refractivity contribution is 5.98. The Kier molecular flexibility index (Phi) is 2.61. The van der Waals surface area contributed by atoms with Gasteiger partial charge in [-0.1, -0.05) is 0 Å². The molecule has 2 rings (SSSR count). The molecule has 0 saturated carbocycles. The van der Waals surface area contributed by atoms with Crippen LogP contribution in [0.3, 0.4) is 0 Å². The van der Waals surface area contributed by atoms with E-state index in [9.17, 15) is 18.4 Å². The predicted molar refractivity (Wildman–Crippen MR) is 53.8 cm³/mol. The lowest BCUT2D eigenvalue weighted by atomic mass is 9.86. The maximum absolute atomic E-state index is 12.6. The van der Waals surface area contributed by atoms with E-state index in [4.69, 9.17) is 0 Å². The van der Waals surface area contributed by atoms with Crippen molar-refractivity contribution < 1.29 is 13.6 Å². The Balaban J connectivity index is 2.52. The molecule has 16 heavy (non-hydrogen) atoms. The largest absolute Gasteiger partial charge is 0.315 e. The Hall–Kier alpha value is -1.52. The quantitative estimate of drug-likeness (QED) is 0.727. The van der Waals surface area contributed by atoms with Crippen LogP contribution in [0, 0.1) is 5.92 Å². The number of hydrogen-bond donors (Lipinski definition) is 0. The van der Waals surface area contributed by atoms with Crippen LogP contribution in [0.4, 0.5) is 8.78 Å². The molecule has 86 valence electrons.